The van der Waals surface area contributed by atoms with E-state index in [0.717, 1.165) is 17.8 Å². The predicted octanol–water partition coefficient (Wildman–Crippen LogP) is 4.58. The monoisotopic (exact) mass is 362 g/mol. The molecule has 0 aromatic heterocycles. The van der Waals surface area contributed by atoms with Gasteiger partial charge in [-0.15, -0.1) is 0 Å². The topological polar surface area (TPSA) is 72.2 Å². The minimum absolute atomic E-state index is 0.0204. The quantitative estimate of drug-likeness (QED) is 0.629. The van der Waals surface area contributed by atoms with Crippen LogP contribution in [-0.4, -0.2) is 16.9 Å². The van der Waals surface area contributed by atoms with E-state index in [9.17, 15) is 14.9 Å². The lowest BCUT2D eigenvalue weighted by Crippen LogP contribution is -2.55. The molecule has 1 unspecified atom stereocenters. The highest BCUT2D eigenvalue weighted by Crippen LogP contribution is 2.61. The van der Waals surface area contributed by atoms with E-state index in [-0.39, 0.29) is 22.7 Å². The molecule has 25 heavy (non-hydrogen) atoms. The van der Waals surface area contributed by atoms with Crippen LogP contribution in [-0.2, 0) is 0 Å². The Balaban J connectivity index is 1.55. The standard InChI is InChI=1S/C19H23ClN2O3/c1-11(19-8-12-4-13(9-19)6-14(5-12)10-19)21-18(23)16-7-15(20)2-3-17(16)22(24)25/h2-3,7,11-14H,4-6,8-10H2,1H3,(H,21,23). The van der Waals surface area contributed by atoms with Gasteiger partial charge in [-0.25, -0.2) is 0 Å². The van der Waals surface area contributed by atoms with Crippen molar-refractivity contribution in [1.82, 2.24) is 5.32 Å². The van der Waals surface area contributed by atoms with Gasteiger partial charge in [0.05, 0.1) is 4.92 Å². The molecule has 4 bridgehead atoms. The van der Waals surface area contributed by atoms with Gasteiger partial charge in [0.15, 0.2) is 0 Å². The largest absolute Gasteiger partial charge is 0.349 e. The molecule has 4 aliphatic carbocycles. The molecule has 4 fully saturated rings. The highest BCUT2D eigenvalue weighted by Gasteiger charge is 2.53. The number of nitro groups is 1. The predicted molar refractivity (Wildman–Crippen MR) is 95.6 cm³/mol. The van der Waals surface area contributed by atoms with E-state index in [2.05, 4.69) is 12.2 Å². The van der Waals surface area contributed by atoms with Gasteiger partial charge in [-0.05, 0) is 80.8 Å². The van der Waals surface area contributed by atoms with Crippen LogP contribution in [0.15, 0.2) is 18.2 Å². The third-order valence-electron chi connectivity index (χ3n) is 6.75. The highest BCUT2D eigenvalue weighted by atomic mass is 35.5. The molecule has 4 aliphatic rings. The van der Waals surface area contributed by atoms with Gasteiger partial charge in [0.1, 0.15) is 5.56 Å². The fourth-order valence-electron chi connectivity index (χ4n) is 5.98. The molecule has 5 rings (SSSR count). The van der Waals surface area contributed by atoms with Crippen molar-refractivity contribution in [3.05, 3.63) is 38.9 Å². The van der Waals surface area contributed by atoms with Crippen LogP contribution in [0, 0.1) is 33.3 Å². The number of nitro benzene ring substituents is 1. The van der Waals surface area contributed by atoms with Crippen molar-refractivity contribution in [3.63, 3.8) is 0 Å². The van der Waals surface area contributed by atoms with Gasteiger partial charge in [0, 0.05) is 17.1 Å². The van der Waals surface area contributed by atoms with Crippen LogP contribution in [0.1, 0.15) is 55.8 Å². The molecule has 1 amide bonds. The lowest BCUT2D eigenvalue weighted by atomic mass is 9.48. The SMILES string of the molecule is CC(NC(=O)c1cc(Cl)ccc1[N+](=O)[O-])C12CC3CC(CC(C3)C1)C2. The van der Waals surface area contributed by atoms with Gasteiger partial charge in [0.2, 0.25) is 0 Å². The van der Waals surface area contributed by atoms with Crippen molar-refractivity contribution in [1.29, 1.82) is 0 Å². The zero-order valence-corrected chi connectivity index (χ0v) is 15.1. The number of rotatable bonds is 4. The first-order valence-electron chi connectivity index (χ1n) is 9.11. The van der Waals surface area contributed by atoms with Crippen molar-refractivity contribution >= 4 is 23.2 Å². The molecule has 0 aliphatic heterocycles. The average molecular weight is 363 g/mol. The van der Waals surface area contributed by atoms with E-state index in [4.69, 9.17) is 11.6 Å². The van der Waals surface area contributed by atoms with Gasteiger partial charge in [-0.3, -0.25) is 14.9 Å². The Labute approximate surface area is 152 Å². The molecule has 0 heterocycles. The van der Waals surface area contributed by atoms with E-state index < -0.39 is 10.8 Å². The molecule has 0 spiro atoms. The van der Waals surface area contributed by atoms with Crippen molar-refractivity contribution < 1.29 is 9.72 Å². The fraction of sp³-hybridized carbons (Fsp3) is 0.632. The van der Waals surface area contributed by atoms with Gasteiger partial charge in [0.25, 0.3) is 11.6 Å². The summed E-state index contributed by atoms with van der Waals surface area (Å²) in [5.41, 5.74) is 0.0197. The first-order chi connectivity index (χ1) is 11.9. The van der Waals surface area contributed by atoms with E-state index in [1.165, 1.54) is 56.7 Å². The number of amides is 1. The van der Waals surface area contributed by atoms with E-state index in [0.29, 0.717) is 5.02 Å². The summed E-state index contributed by atoms with van der Waals surface area (Å²) in [6, 6.07) is 4.15. The maximum Gasteiger partial charge on any atom is 0.282 e. The molecular weight excluding hydrogens is 340 g/mol. The molecule has 5 nitrogen and oxygen atoms in total. The van der Waals surface area contributed by atoms with Crippen LogP contribution in [0.3, 0.4) is 0 Å². The third kappa shape index (κ3) is 2.92. The van der Waals surface area contributed by atoms with Crippen LogP contribution < -0.4 is 5.32 Å². The summed E-state index contributed by atoms with van der Waals surface area (Å²) in [5.74, 6) is 2.00. The minimum atomic E-state index is -0.527. The molecular formula is C19H23ClN2O3. The number of carbonyl (C=O) groups excluding carboxylic acids is 1. The van der Waals surface area contributed by atoms with Gasteiger partial charge in [-0.2, -0.15) is 0 Å². The molecule has 6 heteroatoms. The van der Waals surface area contributed by atoms with Crippen molar-refractivity contribution in [3.8, 4) is 0 Å². The summed E-state index contributed by atoms with van der Waals surface area (Å²) in [6.45, 7) is 2.07. The fourth-order valence-corrected chi connectivity index (χ4v) is 6.16. The smallest absolute Gasteiger partial charge is 0.282 e. The minimum Gasteiger partial charge on any atom is -0.349 e. The first-order valence-corrected chi connectivity index (χ1v) is 9.49. The normalized spacial score (nSPS) is 33.9. The Kier molecular flexibility index (Phi) is 4.02. The van der Waals surface area contributed by atoms with Crippen molar-refractivity contribution in [2.24, 2.45) is 23.2 Å². The van der Waals surface area contributed by atoms with Crippen molar-refractivity contribution in [2.45, 2.75) is 51.5 Å². The third-order valence-corrected chi connectivity index (χ3v) is 6.99. The number of benzene rings is 1. The Hall–Kier alpha value is -1.62. The summed E-state index contributed by atoms with van der Waals surface area (Å²) in [4.78, 5) is 23.5. The zero-order valence-electron chi connectivity index (χ0n) is 14.3. The Morgan fingerprint density at radius 2 is 1.80 bits per heavy atom. The van der Waals surface area contributed by atoms with Crippen LogP contribution in [0.25, 0.3) is 0 Å². The molecule has 134 valence electrons. The molecule has 1 aromatic rings. The Morgan fingerprint density at radius 1 is 1.24 bits per heavy atom. The summed E-state index contributed by atoms with van der Waals surface area (Å²) < 4.78 is 0. The second kappa shape index (κ2) is 5.97. The zero-order chi connectivity index (χ0) is 17.8. The molecule has 1 aromatic carbocycles. The second-order valence-corrected chi connectivity index (χ2v) is 8.83. The van der Waals surface area contributed by atoms with Crippen LogP contribution >= 0.6 is 11.6 Å². The molecule has 0 radical (unpaired) electrons. The molecule has 1 atom stereocenters. The highest BCUT2D eigenvalue weighted by molar-refractivity contribution is 6.31. The van der Waals surface area contributed by atoms with Gasteiger partial charge in [-0.1, -0.05) is 11.6 Å². The van der Waals surface area contributed by atoms with Gasteiger partial charge < -0.3 is 5.32 Å². The first kappa shape index (κ1) is 16.8. The summed E-state index contributed by atoms with van der Waals surface area (Å²) in [6.07, 6.45) is 7.58. The maximum absolute atomic E-state index is 12.8. The van der Waals surface area contributed by atoms with Crippen LogP contribution in [0.4, 0.5) is 5.69 Å². The number of nitrogens with zero attached hydrogens (tertiary/aromatic N) is 1. The molecule has 4 saturated carbocycles. The summed E-state index contributed by atoms with van der Waals surface area (Å²) in [5, 5.41) is 14.6. The summed E-state index contributed by atoms with van der Waals surface area (Å²) in [7, 11) is 0. The van der Waals surface area contributed by atoms with E-state index in [1.54, 1.807) is 0 Å². The Bertz CT molecular complexity index is 698. The van der Waals surface area contributed by atoms with Crippen LogP contribution in [0.2, 0.25) is 5.02 Å². The number of nitrogens with one attached hydrogen (secondary N) is 1. The van der Waals surface area contributed by atoms with Gasteiger partial charge >= 0.3 is 0 Å². The maximum atomic E-state index is 12.8. The lowest BCUT2D eigenvalue weighted by molar-refractivity contribution is -0.385. The number of carbonyl (C=O) groups is 1. The molecule has 0 saturated heterocycles. The van der Waals surface area contributed by atoms with Crippen LogP contribution in [0.5, 0.6) is 0 Å². The van der Waals surface area contributed by atoms with E-state index >= 15 is 0 Å². The number of hydrogen-bond donors (Lipinski definition) is 1. The average Bonchev–Trinajstić information content (AvgIpc) is 2.53. The number of hydrogen-bond acceptors (Lipinski definition) is 3. The summed E-state index contributed by atoms with van der Waals surface area (Å²) >= 11 is 5.96. The van der Waals surface area contributed by atoms with Crippen molar-refractivity contribution in [2.75, 3.05) is 0 Å². The molecule has 1 N–H and O–H groups in total. The number of halogens is 1. The van der Waals surface area contributed by atoms with E-state index in [1.807, 2.05) is 0 Å². The Morgan fingerprint density at radius 3 is 2.32 bits per heavy atom. The second-order valence-electron chi connectivity index (χ2n) is 8.39. The lowest BCUT2D eigenvalue weighted by Gasteiger charge is -2.59.